The Morgan fingerprint density at radius 1 is 1.55 bits per heavy atom. The summed E-state index contributed by atoms with van der Waals surface area (Å²) in [5.41, 5.74) is -0.497. The lowest BCUT2D eigenvalue weighted by atomic mass is 10.2. The lowest BCUT2D eigenvalue weighted by Gasteiger charge is -2.26. The number of nitrogens with one attached hydrogen (secondary N) is 1. The van der Waals surface area contributed by atoms with Crippen LogP contribution in [0.15, 0.2) is 10.1 Å². The van der Waals surface area contributed by atoms with Crippen LogP contribution in [-0.2, 0) is 4.74 Å². The van der Waals surface area contributed by atoms with Gasteiger partial charge in [0.15, 0.2) is 0 Å². The lowest BCUT2D eigenvalue weighted by Crippen LogP contribution is -2.40. The maximum absolute atomic E-state index is 12.0. The summed E-state index contributed by atoms with van der Waals surface area (Å²) in [6.07, 6.45) is 1.42. The predicted molar refractivity (Wildman–Crippen MR) is 79.5 cm³/mol. The summed E-state index contributed by atoms with van der Waals surface area (Å²) in [7, 11) is 0. The van der Waals surface area contributed by atoms with Crippen molar-refractivity contribution in [2.24, 2.45) is 10.1 Å². The molecule has 1 rings (SSSR count). The highest BCUT2D eigenvalue weighted by Crippen LogP contribution is 2.19. The van der Waals surface area contributed by atoms with Crippen molar-refractivity contribution in [1.29, 1.82) is 5.41 Å². The number of hydrazone groups is 1. The monoisotopic (exact) mass is 281 g/mol. The quantitative estimate of drug-likeness (QED) is 0.487. The summed E-state index contributed by atoms with van der Waals surface area (Å²) in [6, 6.07) is 0.0173. The second-order valence-electron chi connectivity index (χ2n) is 5.66. The van der Waals surface area contributed by atoms with E-state index in [1.165, 1.54) is 0 Å². The van der Waals surface area contributed by atoms with Crippen molar-refractivity contribution in [3.8, 4) is 0 Å². The molecule has 112 valence electrons. The van der Waals surface area contributed by atoms with E-state index >= 15 is 0 Å². The fraction of sp³-hybridized carbons (Fsp3) is 0.692. The second-order valence-corrected chi connectivity index (χ2v) is 5.66. The second kappa shape index (κ2) is 6.49. The summed E-state index contributed by atoms with van der Waals surface area (Å²) in [4.78, 5) is 17.5. The Morgan fingerprint density at radius 2 is 2.20 bits per heavy atom. The third-order valence-corrected chi connectivity index (χ3v) is 2.90. The summed E-state index contributed by atoms with van der Waals surface area (Å²) >= 11 is 0. The van der Waals surface area contributed by atoms with E-state index in [9.17, 15) is 4.79 Å². The number of carbonyl (C=O) groups is 1. The van der Waals surface area contributed by atoms with E-state index in [0.29, 0.717) is 18.9 Å². The van der Waals surface area contributed by atoms with Crippen LogP contribution in [0.4, 0.5) is 4.79 Å². The zero-order chi connectivity index (χ0) is 15.3. The van der Waals surface area contributed by atoms with Crippen LogP contribution in [0.3, 0.4) is 0 Å². The molecule has 1 atom stereocenters. The maximum atomic E-state index is 12.0. The van der Waals surface area contributed by atoms with E-state index in [4.69, 9.17) is 10.1 Å². The molecule has 0 aromatic heterocycles. The van der Waals surface area contributed by atoms with Crippen molar-refractivity contribution in [2.75, 3.05) is 13.1 Å². The van der Waals surface area contributed by atoms with Crippen LogP contribution in [0.1, 0.15) is 34.1 Å². The first-order valence-corrected chi connectivity index (χ1v) is 6.55. The molecule has 1 aliphatic rings. The molecule has 1 heterocycles. The molecule has 0 unspecified atom stereocenters. The van der Waals surface area contributed by atoms with Crippen LogP contribution in [0.2, 0.25) is 0 Å². The molecule has 0 spiro atoms. The van der Waals surface area contributed by atoms with Crippen LogP contribution in [-0.4, -0.2) is 59.6 Å². The van der Waals surface area contributed by atoms with Gasteiger partial charge in [-0.2, -0.15) is 5.10 Å². The van der Waals surface area contributed by atoms with Crippen LogP contribution in [0.5, 0.6) is 0 Å². The highest BCUT2D eigenvalue weighted by molar-refractivity contribution is 5.86. The summed E-state index contributed by atoms with van der Waals surface area (Å²) in [6.45, 7) is 11.9. The molecule has 1 fully saturated rings. The Labute approximate surface area is 119 Å². The van der Waals surface area contributed by atoms with E-state index in [2.05, 4.69) is 16.8 Å². The van der Waals surface area contributed by atoms with Gasteiger partial charge in [0.25, 0.3) is 0 Å². The number of ether oxygens (including phenoxy) is 1. The number of hydrogen-bond donors (Lipinski definition) is 1. The molecular weight excluding hydrogens is 258 g/mol. The zero-order valence-corrected chi connectivity index (χ0v) is 12.6. The van der Waals surface area contributed by atoms with Gasteiger partial charge in [-0.15, -0.1) is 0 Å². The Hall–Kier alpha value is -1.92. The topological polar surface area (TPSA) is 81.4 Å². The number of aliphatic imine (C=N–C) groups is 1. The number of rotatable bonds is 3. The number of likely N-dealkylation sites (tertiary alicyclic amines) is 1. The Morgan fingerprint density at radius 3 is 2.70 bits per heavy atom. The average molecular weight is 281 g/mol. The number of amides is 1. The molecule has 7 nitrogen and oxygen atoms in total. The third kappa shape index (κ3) is 4.32. The number of nitrogens with zero attached hydrogens (tertiary/aromatic N) is 4. The molecule has 0 saturated carbocycles. The van der Waals surface area contributed by atoms with Gasteiger partial charge in [-0.25, -0.2) is 14.8 Å². The average Bonchev–Trinajstić information content (AvgIpc) is 2.77. The van der Waals surface area contributed by atoms with Crippen molar-refractivity contribution in [3.05, 3.63) is 0 Å². The van der Waals surface area contributed by atoms with Crippen molar-refractivity contribution in [3.63, 3.8) is 0 Å². The van der Waals surface area contributed by atoms with Crippen LogP contribution < -0.4 is 0 Å². The van der Waals surface area contributed by atoms with E-state index < -0.39 is 5.60 Å². The first-order chi connectivity index (χ1) is 9.28. The molecule has 1 aliphatic heterocycles. The molecule has 1 amide bonds. The van der Waals surface area contributed by atoms with E-state index in [0.717, 1.165) is 12.8 Å². The molecule has 1 saturated heterocycles. The lowest BCUT2D eigenvalue weighted by molar-refractivity contribution is 0.0286. The van der Waals surface area contributed by atoms with Gasteiger partial charge in [0.05, 0.1) is 6.04 Å². The van der Waals surface area contributed by atoms with Gasteiger partial charge in [0, 0.05) is 19.8 Å². The summed E-state index contributed by atoms with van der Waals surface area (Å²) in [5, 5.41) is 12.6. The molecule has 7 heteroatoms. The van der Waals surface area contributed by atoms with Gasteiger partial charge in [-0.1, -0.05) is 0 Å². The minimum Gasteiger partial charge on any atom is -0.444 e. The van der Waals surface area contributed by atoms with Crippen molar-refractivity contribution in [2.45, 2.75) is 45.8 Å². The summed E-state index contributed by atoms with van der Waals surface area (Å²) < 4.78 is 5.35. The normalized spacial score (nSPS) is 19.7. The van der Waals surface area contributed by atoms with E-state index in [-0.39, 0.29) is 12.1 Å². The fourth-order valence-corrected chi connectivity index (χ4v) is 2.07. The van der Waals surface area contributed by atoms with Crippen LogP contribution in [0, 0.1) is 5.41 Å². The molecule has 0 bridgehead atoms. The SMILES string of the molecule is C=NN(C(C)=NC=N)[C@H]1CCN(C(=O)OC(C)(C)C)C1. The van der Waals surface area contributed by atoms with E-state index in [1.807, 2.05) is 20.8 Å². The third-order valence-electron chi connectivity index (χ3n) is 2.90. The Kier molecular flexibility index (Phi) is 5.24. The van der Waals surface area contributed by atoms with Crippen LogP contribution >= 0.6 is 0 Å². The number of carbonyl (C=O) groups excluding carboxylic acids is 1. The standard InChI is InChI=1S/C13H23N5O2/c1-10(16-9-14)18(15-5)11-6-7-17(8-11)12(19)20-13(2,3)4/h9,11,14H,5-8H2,1-4H3/t11-/m0/s1. The largest absolute Gasteiger partial charge is 0.444 e. The van der Waals surface area contributed by atoms with Crippen LogP contribution in [0.25, 0.3) is 0 Å². The fourth-order valence-electron chi connectivity index (χ4n) is 2.07. The van der Waals surface area contributed by atoms with Crippen molar-refractivity contribution in [1.82, 2.24) is 9.91 Å². The minimum absolute atomic E-state index is 0.0173. The summed E-state index contributed by atoms with van der Waals surface area (Å²) in [5.74, 6) is 0.589. The molecule has 0 aromatic rings. The molecule has 0 radical (unpaired) electrons. The molecular formula is C13H23N5O2. The van der Waals surface area contributed by atoms with Gasteiger partial charge in [0.1, 0.15) is 17.8 Å². The van der Waals surface area contributed by atoms with Gasteiger partial charge in [-0.3, -0.25) is 5.41 Å². The minimum atomic E-state index is -0.497. The van der Waals surface area contributed by atoms with Gasteiger partial charge < -0.3 is 9.64 Å². The molecule has 1 N–H and O–H groups in total. The van der Waals surface area contributed by atoms with Crippen molar-refractivity contribution < 1.29 is 9.53 Å². The number of amidine groups is 1. The predicted octanol–water partition coefficient (Wildman–Crippen LogP) is 1.94. The molecule has 0 aliphatic carbocycles. The highest BCUT2D eigenvalue weighted by atomic mass is 16.6. The van der Waals surface area contributed by atoms with Gasteiger partial charge in [0.2, 0.25) is 0 Å². The Balaban J connectivity index is 2.66. The van der Waals surface area contributed by atoms with E-state index in [1.54, 1.807) is 16.8 Å². The number of hydrogen-bond acceptors (Lipinski definition) is 4. The van der Waals surface area contributed by atoms with Crippen molar-refractivity contribution >= 4 is 25.0 Å². The van der Waals surface area contributed by atoms with Gasteiger partial charge in [-0.05, 0) is 34.1 Å². The zero-order valence-electron chi connectivity index (χ0n) is 12.6. The highest BCUT2D eigenvalue weighted by Gasteiger charge is 2.33. The first kappa shape index (κ1) is 16.1. The first-order valence-electron chi connectivity index (χ1n) is 6.55. The molecule has 20 heavy (non-hydrogen) atoms. The Bertz CT molecular complexity index is 413. The smallest absolute Gasteiger partial charge is 0.410 e. The maximum Gasteiger partial charge on any atom is 0.410 e. The van der Waals surface area contributed by atoms with Gasteiger partial charge >= 0.3 is 6.09 Å². The molecule has 0 aromatic carbocycles.